The molecular formula is C36H34N2O6. The molecular weight excluding hydrogens is 556 g/mol. The lowest BCUT2D eigenvalue weighted by Gasteiger charge is -2.44. The Balaban J connectivity index is 1.29. The van der Waals surface area contributed by atoms with Crippen LogP contribution >= 0.6 is 0 Å². The van der Waals surface area contributed by atoms with Crippen molar-refractivity contribution < 1.29 is 29.0 Å². The number of likely N-dealkylation sites (tertiary alicyclic amines) is 2. The number of carbonyl (C=O) groups is 4. The second-order valence-electron chi connectivity index (χ2n) is 12.2. The number of phenols is 1. The standard InChI is InChI=1S/C36H34N2O6/c1-2-44-29-17-23(13-16-28(29)39)30-24-14-15-25-31(35(42)37(33(25)40)19-21-9-5-3-6-10-21)26(24)18-27-32(30)36(43)38(34(27)41)20-22-11-7-4-8-12-22/h3-14,16-17,25-27,30-32,39H,2,15,18-20H2,1H3. The molecule has 4 amide bonds. The molecule has 4 aliphatic rings. The summed E-state index contributed by atoms with van der Waals surface area (Å²) in [5.41, 5.74) is 3.41. The van der Waals surface area contributed by atoms with E-state index in [2.05, 4.69) is 0 Å². The zero-order valence-corrected chi connectivity index (χ0v) is 24.5. The summed E-state index contributed by atoms with van der Waals surface area (Å²) >= 11 is 0. The van der Waals surface area contributed by atoms with Crippen molar-refractivity contribution in [3.63, 3.8) is 0 Å². The molecule has 6 atom stereocenters. The number of amides is 4. The molecule has 8 nitrogen and oxygen atoms in total. The molecule has 0 spiro atoms. The van der Waals surface area contributed by atoms with Crippen LogP contribution in [0.5, 0.6) is 11.5 Å². The predicted molar refractivity (Wildman–Crippen MR) is 161 cm³/mol. The molecule has 6 unspecified atom stereocenters. The fourth-order valence-corrected chi connectivity index (χ4v) is 7.93. The lowest BCUT2D eigenvalue weighted by atomic mass is 9.57. The number of phenolic OH excluding ortho intramolecular Hbond substituents is 1. The van der Waals surface area contributed by atoms with E-state index in [0.29, 0.717) is 25.2 Å². The highest BCUT2D eigenvalue weighted by Gasteiger charge is 2.61. The first-order valence-corrected chi connectivity index (χ1v) is 15.3. The zero-order chi connectivity index (χ0) is 30.5. The summed E-state index contributed by atoms with van der Waals surface area (Å²) in [7, 11) is 0. The lowest BCUT2D eigenvalue weighted by molar-refractivity contribution is -0.142. The van der Waals surface area contributed by atoms with Gasteiger partial charge in [-0.25, -0.2) is 0 Å². The number of carbonyl (C=O) groups excluding carboxylic acids is 4. The van der Waals surface area contributed by atoms with E-state index in [1.807, 2.05) is 73.7 Å². The van der Waals surface area contributed by atoms with Gasteiger partial charge in [-0.3, -0.25) is 29.0 Å². The van der Waals surface area contributed by atoms with Gasteiger partial charge in [-0.05, 0) is 54.5 Å². The maximum Gasteiger partial charge on any atom is 0.234 e. The van der Waals surface area contributed by atoms with Crippen molar-refractivity contribution in [2.75, 3.05) is 6.61 Å². The van der Waals surface area contributed by atoms with Crippen molar-refractivity contribution in [3.05, 3.63) is 107 Å². The first-order valence-electron chi connectivity index (χ1n) is 15.3. The van der Waals surface area contributed by atoms with E-state index in [1.165, 1.54) is 9.80 Å². The SMILES string of the molecule is CCOc1cc(C2C3=CCC4C(=O)N(Cc5ccccc5)C(=O)C4C3CC3C(=O)N(Cc4ccccc4)C(=O)C32)ccc1O. The molecule has 2 heterocycles. The van der Waals surface area contributed by atoms with Crippen LogP contribution in [-0.4, -0.2) is 45.1 Å². The molecule has 1 saturated carbocycles. The first-order chi connectivity index (χ1) is 21.4. The Bertz CT molecular complexity index is 1670. The molecule has 8 heteroatoms. The molecule has 7 rings (SSSR count). The largest absolute Gasteiger partial charge is 0.504 e. The normalized spacial score (nSPS) is 27.6. The summed E-state index contributed by atoms with van der Waals surface area (Å²) < 4.78 is 5.70. The van der Waals surface area contributed by atoms with E-state index in [4.69, 9.17) is 4.74 Å². The third-order valence-corrected chi connectivity index (χ3v) is 9.84. The maximum atomic E-state index is 14.2. The molecule has 2 aliphatic heterocycles. The molecule has 2 aliphatic carbocycles. The Morgan fingerprint density at radius 1 is 0.727 bits per heavy atom. The number of hydrogen-bond acceptors (Lipinski definition) is 6. The second kappa shape index (κ2) is 11.1. The first kappa shape index (κ1) is 28.1. The van der Waals surface area contributed by atoms with E-state index in [9.17, 15) is 24.3 Å². The molecule has 1 N–H and O–H groups in total. The number of benzene rings is 3. The Morgan fingerprint density at radius 2 is 1.32 bits per heavy atom. The molecule has 3 aromatic carbocycles. The van der Waals surface area contributed by atoms with E-state index < -0.39 is 29.6 Å². The Morgan fingerprint density at radius 3 is 1.93 bits per heavy atom. The average molecular weight is 591 g/mol. The number of fused-ring (bicyclic) bond motifs is 4. The quantitative estimate of drug-likeness (QED) is 0.312. The highest BCUT2D eigenvalue weighted by Crippen LogP contribution is 2.58. The van der Waals surface area contributed by atoms with E-state index >= 15 is 0 Å². The average Bonchev–Trinajstić information content (AvgIpc) is 3.42. The molecule has 2 saturated heterocycles. The minimum atomic E-state index is -0.656. The van der Waals surface area contributed by atoms with Crippen LogP contribution < -0.4 is 4.74 Å². The third kappa shape index (κ3) is 4.51. The number of imide groups is 2. The van der Waals surface area contributed by atoms with Crippen LogP contribution in [0.3, 0.4) is 0 Å². The minimum absolute atomic E-state index is 0.00940. The van der Waals surface area contributed by atoms with Gasteiger partial charge in [0.05, 0.1) is 43.4 Å². The highest BCUT2D eigenvalue weighted by atomic mass is 16.5. The van der Waals surface area contributed by atoms with Crippen LogP contribution in [0, 0.1) is 29.6 Å². The Labute approximate surface area is 255 Å². The summed E-state index contributed by atoms with van der Waals surface area (Å²) in [5, 5.41) is 10.5. The van der Waals surface area contributed by atoms with Gasteiger partial charge in [0, 0.05) is 5.92 Å². The van der Waals surface area contributed by atoms with Gasteiger partial charge in [0.1, 0.15) is 0 Å². The lowest BCUT2D eigenvalue weighted by Crippen LogP contribution is -2.43. The highest BCUT2D eigenvalue weighted by molar-refractivity contribution is 6.08. The van der Waals surface area contributed by atoms with Crippen molar-refractivity contribution in [1.82, 2.24) is 9.80 Å². The fourth-order valence-electron chi connectivity index (χ4n) is 7.93. The van der Waals surface area contributed by atoms with Crippen molar-refractivity contribution in [2.24, 2.45) is 29.6 Å². The van der Waals surface area contributed by atoms with Gasteiger partial charge in [-0.2, -0.15) is 0 Å². The Hall–Kier alpha value is -4.72. The summed E-state index contributed by atoms with van der Waals surface area (Å²) in [5.74, 6) is -3.81. The molecule has 3 fully saturated rings. The van der Waals surface area contributed by atoms with E-state index in [-0.39, 0.29) is 48.4 Å². The van der Waals surface area contributed by atoms with Crippen LogP contribution in [0.1, 0.15) is 42.4 Å². The third-order valence-electron chi connectivity index (χ3n) is 9.84. The molecule has 44 heavy (non-hydrogen) atoms. The number of nitrogens with zero attached hydrogens (tertiary/aromatic N) is 2. The van der Waals surface area contributed by atoms with Crippen molar-refractivity contribution in [3.8, 4) is 11.5 Å². The summed E-state index contributed by atoms with van der Waals surface area (Å²) in [6.07, 6.45) is 2.76. The van der Waals surface area contributed by atoms with E-state index in [0.717, 1.165) is 22.3 Å². The van der Waals surface area contributed by atoms with Gasteiger partial charge < -0.3 is 9.84 Å². The van der Waals surface area contributed by atoms with Gasteiger partial charge in [0.2, 0.25) is 23.6 Å². The van der Waals surface area contributed by atoms with Crippen LogP contribution in [0.4, 0.5) is 0 Å². The topological polar surface area (TPSA) is 104 Å². The summed E-state index contributed by atoms with van der Waals surface area (Å²) in [6.45, 7) is 2.56. The van der Waals surface area contributed by atoms with Gasteiger partial charge in [-0.15, -0.1) is 0 Å². The van der Waals surface area contributed by atoms with Crippen molar-refractivity contribution >= 4 is 23.6 Å². The summed E-state index contributed by atoms with van der Waals surface area (Å²) in [6, 6.07) is 24.0. The Kier molecular flexibility index (Phi) is 7.07. The second-order valence-corrected chi connectivity index (χ2v) is 12.2. The smallest absolute Gasteiger partial charge is 0.234 e. The van der Waals surface area contributed by atoms with Gasteiger partial charge in [-0.1, -0.05) is 78.4 Å². The van der Waals surface area contributed by atoms with Crippen LogP contribution in [0.2, 0.25) is 0 Å². The van der Waals surface area contributed by atoms with Gasteiger partial charge in [0.25, 0.3) is 0 Å². The zero-order valence-electron chi connectivity index (χ0n) is 24.5. The van der Waals surface area contributed by atoms with Crippen LogP contribution in [0.15, 0.2) is 90.5 Å². The monoisotopic (exact) mass is 590 g/mol. The number of aromatic hydroxyl groups is 1. The number of ether oxygens (including phenoxy) is 1. The number of rotatable bonds is 7. The molecule has 0 bridgehead atoms. The molecule has 224 valence electrons. The van der Waals surface area contributed by atoms with Crippen LogP contribution in [0.25, 0.3) is 0 Å². The van der Waals surface area contributed by atoms with Crippen molar-refractivity contribution in [2.45, 2.75) is 38.8 Å². The van der Waals surface area contributed by atoms with Gasteiger partial charge >= 0.3 is 0 Å². The predicted octanol–water partition coefficient (Wildman–Crippen LogP) is 4.83. The number of hydrogen-bond donors (Lipinski definition) is 1. The molecule has 0 aromatic heterocycles. The van der Waals surface area contributed by atoms with Crippen molar-refractivity contribution in [1.29, 1.82) is 0 Å². The minimum Gasteiger partial charge on any atom is -0.504 e. The number of allylic oxidation sites excluding steroid dienone is 2. The summed E-state index contributed by atoms with van der Waals surface area (Å²) in [4.78, 5) is 58.6. The maximum absolute atomic E-state index is 14.2. The fraction of sp³-hybridized carbons (Fsp3) is 0.333. The molecule has 3 aromatic rings. The molecule has 0 radical (unpaired) electrons. The van der Waals surface area contributed by atoms with Crippen LogP contribution in [-0.2, 0) is 32.3 Å². The van der Waals surface area contributed by atoms with E-state index in [1.54, 1.807) is 18.2 Å². The van der Waals surface area contributed by atoms with Gasteiger partial charge in [0.15, 0.2) is 11.5 Å².